The number of fused-ring (bicyclic) bond motifs is 1. The molecule has 1 aromatic carbocycles. The Hall–Kier alpha value is -0.846. The molecule has 0 aromatic heterocycles. The van der Waals surface area contributed by atoms with Gasteiger partial charge in [0.05, 0.1) is 6.10 Å². The van der Waals surface area contributed by atoms with Crippen molar-refractivity contribution in [3.05, 3.63) is 42.0 Å². The Kier molecular flexibility index (Phi) is 8.63. The number of hydrogen-bond acceptors (Lipinski definition) is 2. The van der Waals surface area contributed by atoms with Crippen molar-refractivity contribution in [2.45, 2.75) is 135 Å². The van der Waals surface area contributed by atoms with Gasteiger partial charge in [-0.1, -0.05) is 81.4 Å². The number of hydrogen-bond donors (Lipinski definition) is 0. The van der Waals surface area contributed by atoms with E-state index in [-0.39, 0.29) is 16.6 Å². The van der Waals surface area contributed by atoms with E-state index >= 15 is 0 Å². The topological polar surface area (TPSA) is 18.5 Å². The third kappa shape index (κ3) is 5.38. The van der Waals surface area contributed by atoms with Gasteiger partial charge in [0.1, 0.15) is 5.75 Å². The highest BCUT2D eigenvalue weighted by Crippen LogP contribution is 2.50. The molecule has 0 saturated heterocycles. The van der Waals surface area contributed by atoms with Crippen LogP contribution in [0.3, 0.4) is 0 Å². The van der Waals surface area contributed by atoms with Crippen LogP contribution < -0.4 is 4.43 Å². The summed E-state index contributed by atoms with van der Waals surface area (Å²) >= 11 is 0. The van der Waals surface area contributed by atoms with E-state index in [1.807, 2.05) is 0 Å². The van der Waals surface area contributed by atoms with Crippen molar-refractivity contribution in [3.8, 4) is 5.75 Å². The average Bonchev–Trinajstić information content (AvgIpc) is 2.65. The van der Waals surface area contributed by atoms with Gasteiger partial charge in [0.15, 0.2) is 0 Å². The molecule has 0 amide bonds. The molecule has 0 spiro atoms. The molecule has 0 heterocycles. The van der Waals surface area contributed by atoms with Crippen molar-refractivity contribution in [1.82, 2.24) is 0 Å². The SMILES string of the molecule is C=CC[C@]1(C)c2ccc(O[Si](C)(C)C(C)(C)C)cc2CC[C@H]1O[Si](C(C)C)(C(C)C)C(C)C. The van der Waals surface area contributed by atoms with Crippen LogP contribution in [0.4, 0.5) is 0 Å². The van der Waals surface area contributed by atoms with Crippen LogP contribution in [0.2, 0.25) is 34.8 Å². The molecule has 2 atom stereocenters. The van der Waals surface area contributed by atoms with E-state index in [0.717, 1.165) is 25.0 Å². The van der Waals surface area contributed by atoms with Gasteiger partial charge in [-0.05, 0) is 77.3 Å². The third-order valence-electron chi connectivity index (χ3n) is 8.88. The van der Waals surface area contributed by atoms with Gasteiger partial charge < -0.3 is 8.85 Å². The summed E-state index contributed by atoms with van der Waals surface area (Å²) in [6.07, 6.45) is 5.39. The standard InChI is InChI=1S/C29H52O2Si2/c1-14-19-29(11)26-17-16-25(30-32(12,13)28(8,9)10)20-24(26)15-18-27(29)31-33(21(2)3,22(4)5)23(6)7/h14,16-17,20-23,27H,1,15,18-19H2,2-13H3/t27-,29-/m1/s1. The molecule has 0 radical (unpaired) electrons. The van der Waals surface area contributed by atoms with Crippen molar-refractivity contribution in [1.29, 1.82) is 0 Å². The minimum atomic E-state index is -1.97. The largest absolute Gasteiger partial charge is 0.543 e. The average molecular weight is 489 g/mol. The molecule has 0 N–H and O–H groups in total. The Balaban J connectivity index is 2.48. The van der Waals surface area contributed by atoms with Crippen LogP contribution in [0.1, 0.15) is 93.2 Å². The van der Waals surface area contributed by atoms with Crippen LogP contribution in [-0.4, -0.2) is 22.7 Å². The molecule has 188 valence electrons. The fraction of sp³-hybridized carbons (Fsp3) is 0.724. The Morgan fingerprint density at radius 3 is 2.06 bits per heavy atom. The lowest BCUT2D eigenvalue weighted by molar-refractivity contribution is 0.0792. The molecule has 4 heteroatoms. The minimum absolute atomic E-state index is 0.0538. The smallest absolute Gasteiger partial charge is 0.250 e. The number of allylic oxidation sites excluding steroid dienone is 1. The van der Waals surface area contributed by atoms with E-state index in [0.29, 0.717) is 16.6 Å². The summed E-state index contributed by atoms with van der Waals surface area (Å²) in [5.41, 5.74) is 4.58. The summed E-state index contributed by atoms with van der Waals surface area (Å²) in [6.45, 7) is 32.4. The molecule has 1 aromatic rings. The zero-order valence-corrected chi connectivity index (χ0v) is 25.8. The monoisotopic (exact) mass is 488 g/mol. The van der Waals surface area contributed by atoms with Gasteiger partial charge in [0.25, 0.3) is 0 Å². The number of aryl methyl sites for hydroxylation is 1. The lowest BCUT2D eigenvalue weighted by Gasteiger charge is -2.51. The first-order valence-electron chi connectivity index (χ1n) is 13.1. The molecule has 0 aliphatic heterocycles. The Bertz CT molecular complexity index is 798. The van der Waals surface area contributed by atoms with E-state index < -0.39 is 16.6 Å². The molecule has 0 unspecified atom stereocenters. The highest BCUT2D eigenvalue weighted by molar-refractivity contribution is 6.77. The highest BCUT2D eigenvalue weighted by atomic mass is 28.4. The molecule has 2 nitrogen and oxygen atoms in total. The van der Waals surface area contributed by atoms with Crippen LogP contribution in [-0.2, 0) is 16.3 Å². The third-order valence-corrected chi connectivity index (χ3v) is 19.3. The number of rotatable bonds is 9. The van der Waals surface area contributed by atoms with Crippen molar-refractivity contribution in [3.63, 3.8) is 0 Å². The summed E-state index contributed by atoms with van der Waals surface area (Å²) < 4.78 is 14.1. The first-order valence-corrected chi connectivity index (χ1v) is 18.2. The zero-order chi connectivity index (χ0) is 25.4. The lowest BCUT2D eigenvalue weighted by Crippen LogP contribution is -2.55. The van der Waals surface area contributed by atoms with Crippen LogP contribution >= 0.6 is 0 Å². The maximum absolute atomic E-state index is 7.41. The quantitative estimate of drug-likeness (QED) is 0.254. The normalized spacial score (nSPS) is 22.1. The van der Waals surface area contributed by atoms with Crippen LogP contribution in [0.5, 0.6) is 5.75 Å². The summed E-state index contributed by atoms with van der Waals surface area (Å²) in [7, 11) is -3.83. The molecule has 33 heavy (non-hydrogen) atoms. The summed E-state index contributed by atoms with van der Waals surface area (Å²) in [4.78, 5) is 0. The summed E-state index contributed by atoms with van der Waals surface area (Å²) in [5.74, 6) is 1.04. The summed E-state index contributed by atoms with van der Waals surface area (Å²) in [6, 6.07) is 6.87. The molecule has 2 rings (SSSR count). The van der Waals surface area contributed by atoms with Gasteiger partial charge >= 0.3 is 0 Å². The van der Waals surface area contributed by atoms with Gasteiger partial charge in [-0.2, -0.15) is 0 Å². The van der Waals surface area contributed by atoms with Crippen molar-refractivity contribution < 1.29 is 8.85 Å². The predicted octanol–water partition coefficient (Wildman–Crippen LogP) is 9.41. The van der Waals surface area contributed by atoms with Crippen molar-refractivity contribution >= 4 is 16.6 Å². The van der Waals surface area contributed by atoms with Gasteiger partial charge in [-0.15, -0.1) is 6.58 Å². The molecule has 1 aliphatic rings. The van der Waals surface area contributed by atoms with Gasteiger partial charge in [-0.25, -0.2) is 0 Å². The molecule has 1 aliphatic carbocycles. The van der Waals surface area contributed by atoms with Gasteiger partial charge in [-0.3, -0.25) is 0 Å². The first kappa shape index (κ1) is 28.4. The van der Waals surface area contributed by atoms with Gasteiger partial charge in [0.2, 0.25) is 16.6 Å². The Morgan fingerprint density at radius 1 is 1.06 bits per heavy atom. The van der Waals surface area contributed by atoms with E-state index in [2.05, 4.69) is 113 Å². The lowest BCUT2D eigenvalue weighted by atomic mass is 9.67. The second kappa shape index (κ2) is 10.0. The maximum Gasteiger partial charge on any atom is 0.250 e. The van der Waals surface area contributed by atoms with Crippen LogP contribution in [0.25, 0.3) is 0 Å². The Morgan fingerprint density at radius 2 is 1.61 bits per heavy atom. The second-order valence-electron chi connectivity index (χ2n) is 13.1. The van der Waals surface area contributed by atoms with E-state index in [9.17, 15) is 0 Å². The molecular weight excluding hydrogens is 436 g/mol. The van der Waals surface area contributed by atoms with E-state index in [4.69, 9.17) is 8.85 Å². The van der Waals surface area contributed by atoms with E-state index in [1.165, 1.54) is 11.1 Å². The van der Waals surface area contributed by atoms with Gasteiger partial charge in [0, 0.05) is 5.41 Å². The fourth-order valence-electron chi connectivity index (χ4n) is 6.01. The first-order chi connectivity index (χ1) is 15.0. The molecule has 0 bridgehead atoms. The van der Waals surface area contributed by atoms with Crippen molar-refractivity contribution in [2.24, 2.45) is 0 Å². The zero-order valence-electron chi connectivity index (χ0n) is 23.8. The second-order valence-corrected chi connectivity index (χ2v) is 23.2. The highest BCUT2D eigenvalue weighted by Gasteiger charge is 2.51. The molecule has 0 fully saturated rings. The van der Waals surface area contributed by atoms with Crippen LogP contribution in [0.15, 0.2) is 30.9 Å². The molecular formula is C29H52O2Si2. The predicted molar refractivity (Wildman–Crippen MR) is 151 cm³/mol. The number of benzene rings is 1. The fourth-order valence-corrected chi connectivity index (χ4v) is 12.7. The summed E-state index contributed by atoms with van der Waals surface area (Å²) in [5, 5.41) is 0.192. The Labute approximate surface area is 207 Å². The van der Waals surface area contributed by atoms with Crippen molar-refractivity contribution in [2.75, 3.05) is 0 Å². The molecule has 0 saturated carbocycles. The minimum Gasteiger partial charge on any atom is -0.543 e. The van der Waals surface area contributed by atoms with E-state index in [1.54, 1.807) is 0 Å². The maximum atomic E-state index is 7.41. The van der Waals surface area contributed by atoms with Crippen LogP contribution in [0, 0.1) is 0 Å².